The van der Waals surface area contributed by atoms with Gasteiger partial charge in [-0.05, 0) is 72.9 Å². The van der Waals surface area contributed by atoms with Crippen LogP contribution in [0.2, 0.25) is 0 Å². The molecule has 0 aliphatic heterocycles. The van der Waals surface area contributed by atoms with Gasteiger partial charge in [0.15, 0.2) is 0 Å². The molecule has 204 valence electrons. The summed E-state index contributed by atoms with van der Waals surface area (Å²) >= 11 is 0. The predicted octanol–water partition coefficient (Wildman–Crippen LogP) is 7.48. The van der Waals surface area contributed by atoms with Gasteiger partial charge >= 0.3 is 0 Å². The van der Waals surface area contributed by atoms with Gasteiger partial charge in [-0.2, -0.15) is 27.1 Å². The molecule has 2 rings (SSSR count). The molecule has 0 aliphatic carbocycles. The highest BCUT2D eigenvalue weighted by Crippen LogP contribution is 2.35. The van der Waals surface area contributed by atoms with Gasteiger partial charge in [-0.1, -0.05) is 71.4 Å². The second-order valence-electron chi connectivity index (χ2n) is 9.83. The lowest BCUT2D eigenvalue weighted by Gasteiger charge is -2.29. The van der Waals surface area contributed by atoms with Crippen LogP contribution in [0.3, 0.4) is 0 Å². The highest BCUT2D eigenvalue weighted by atomic mass is 32.2. The van der Waals surface area contributed by atoms with Gasteiger partial charge in [0.2, 0.25) is 0 Å². The second-order valence-corrected chi connectivity index (χ2v) is 12.6. The Morgan fingerprint density at radius 1 is 0.784 bits per heavy atom. The molecular weight excluding hydrogens is 512 g/mol. The molecule has 1 unspecified atom stereocenters. The zero-order valence-electron chi connectivity index (χ0n) is 22.4. The molecule has 0 amide bonds. The molecule has 10 heteroatoms. The fraction of sp³-hybridized carbons (Fsp3) is 0.481. The van der Waals surface area contributed by atoms with Crippen molar-refractivity contribution in [1.29, 1.82) is 0 Å². The third-order valence-corrected chi connectivity index (χ3v) is 9.04. The molecule has 2 N–H and O–H groups in total. The lowest BCUT2D eigenvalue weighted by atomic mass is 9.76. The Morgan fingerprint density at radius 3 is 1.76 bits per heavy atom. The van der Waals surface area contributed by atoms with Crippen LogP contribution in [-0.4, -0.2) is 31.5 Å². The Balaban J connectivity index is 2.59. The van der Waals surface area contributed by atoms with Crippen LogP contribution in [0.25, 0.3) is 12.2 Å². The summed E-state index contributed by atoms with van der Waals surface area (Å²) in [5, 5.41) is 8.50. The zero-order valence-corrected chi connectivity index (χ0v) is 24.0. The van der Waals surface area contributed by atoms with Crippen LogP contribution in [0.15, 0.2) is 56.4 Å². The first-order chi connectivity index (χ1) is 17.1. The maximum absolute atomic E-state index is 12.2. The van der Waals surface area contributed by atoms with Gasteiger partial charge in [-0.25, -0.2) is 0 Å². The van der Waals surface area contributed by atoms with E-state index in [1.165, 1.54) is 30.4 Å². The van der Waals surface area contributed by atoms with Crippen molar-refractivity contribution in [2.24, 2.45) is 10.2 Å². The van der Waals surface area contributed by atoms with Crippen molar-refractivity contribution in [1.82, 2.24) is 0 Å². The van der Waals surface area contributed by atoms with Gasteiger partial charge in [0.1, 0.15) is 9.79 Å². The number of hydrogen-bond donors (Lipinski definition) is 2. The summed E-state index contributed by atoms with van der Waals surface area (Å²) < 4.78 is 68.4. The largest absolute Gasteiger partial charge is 0.295 e. The van der Waals surface area contributed by atoms with Gasteiger partial charge in [-0.3, -0.25) is 9.11 Å². The van der Waals surface area contributed by atoms with Crippen molar-refractivity contribution in [2.45, 2.75) is 94.4 Å². The Morgan fingerprint density at radius 2 is 1.30 bits per heavy atom. The summed E-state index contributed by atoms with van der Waals surface area (Å²) in [6.45, 7) is 12.1. The number of rotatable bonds is 12. The summed E-state index contributed by atoms with van der Waals surface area (Å²) in [5.74, 6) is 0. The molecule has 0 fully saturated rings. The van der Waals surface area contributed by atoms with Gasteiger partial charge in [0, 0.05) is 0 Å². The molecule has 2 aromatic rings. The molecule has 37 heavy (non-hydrogen) atoms. The van der Waals surface area contributed by atoms with E-state index >= 15 is 0 Å². The zero-order chi connectivity index (χ0) is 28.1. The maximum Gasteiger partial charge on any atom is 0.295 e. The molecule has 0 radical (unpaired) electrons. The third kappa shape index (κ3) is 7.80. The minimum Gasteiger partial charge on any atom is -0.282 e. The van der Waals surface area contributed by atoms with E-state index in [9.17, 15) is 25.9 Å². The predicted molar refractivity (Wildman–Crippen MR) is 147 cm³/mol. The second kappa shape index (κ2) is 12.0. The first-order valence-corrected chi connectivity index (χ1v) is 15.3. The number of nitrogens with zero attached hydrogens (tertiary/aromatic N) is 2. The molecule has 0 heterocycles. The summed E-state index contributed by atoms with van der Waals surface area (Å²) in [6, 6.07) is 9.12. The van der Waals surface area contributed by atoms with Gasteiger partial charge < -0.3 is 0 Å². The normalized spacial score (nSPS) is 14.9. The summed E-state index contributed by atoms with van der Waals surface area (Å²) in [7, 11) is -9.18. The molecule has 0 spiro atoms. The topological polar surface area (TPSA) is 133 Å². The van der Waals surface area contributed by atoms with Crippen molar-refractivity contribution >= 4 is 38.1 Å². The first-order valence-electron chi connectivity index (χ1n) is 12.5. The van der Waals surface area contributed by atoms with Crippen molar-refractivity contribution < 1.29 is 25.9 Å². The SMILES string of the molecule is CCCC(C)(CC)c1ccc(C=Cc2ccc(N=NC(C)(CC)CC)cc2S(=O)(=O)O)c(S(=O)(=O)O)c1. The third-order valence-electron chi connectivity index (χ3n) is 7.22. The number of benzene rings is 2. The van der Waals surface area contributed by atoms with E-state index in [1.54, 1.807) is 12.1 Å². The van der Waals surface area contributed by atoms with E-state index in [4.69, 9.17) is 0 Å². The Labute approximate surface area is 221 Å². The fourth-order valence-corrected chi connectivity index (χ4v) is 5.46. The summed E-state index contributed by atoms with van der Waals surface area (Å²) in [6.07, 6.45) is 6.83. The highest BCUT2D eigenvalue weighted by Gasteiger charge is 2.26. The average molecular weight is 551 g/mol. The molecule has 0 aliphatic rings. The van der Waals surface area contributed by atoms with Crippen molar-refractivity contribution in [3.63, 3.8) is 0 Å². The van der Waals surface area contributed by atoms with Gasteiger partial charge in [0.05, 0.1) is 11.2 Å². The quantitative estimate of drug-likeness (QED) is 0.160. The maximum atomic E-state index is 12.2. The van der Waals surface area contributed by atoms with Crippen molar-refractivity contribution in [3.8, 4) is 0 Å². The van der Waals surface area contributed by atoms with Crippen molar-refractivity contribution in [2.75, 3.05) is 0 Å². The monoisotopic (exact) mass is 550 g/mol. The minimum absolute atomic E-state index is 0.130. The molecule has 2 aromatic carbocycles. The van der Waals surface area contributed by atoms with Crippen molar-refractivity contribution in [3.05, 3.63) is 53.1 Å². The van der Waals surface area contributed by atoms with Crippen LogP contribution >= 0.6 is 0 Å². The molecular formula is C27H38N2O6S2. The van der Waals surface area contributed by atoms with E-state index in [2.05, 4.69) is 24.1 Å². The number of azo groups is 1. The molecule has 0 aromatic heterocycles. The molecule has 0 saturated carbocycles. The lowest BCUT2D eigenvalue weighted by Crippen LogP contribution is -2.21. The Kier molecular flexibility index (Phi) is 9.98. The number of hydrogen-bond acceptors (Lipinski definition) is 6. The standard InChI is InChI=1S/C27H38N2O6S2/c1-7-17-26(5,8-2)22-15-13-20(24(18-22)36(30,31)32)11-12-21-14-16-23(19-25(21)37(33,34)35)28-29-27(6,9-3)10-4/h11-16,18-19H,7-10,17H2,1-6H3,(H,30,31,32)(H,33,34,35). The Hall–Kier alpha value is -2.40. The smallest absolute Gasteiger partial charge is 0.282 e. The van der Waals surface area contributed by atoms with Crippen LogP contribution < -0.4 is 0 Å². The lowest BCUT2D eigenvalue weighted by molar-refractivity contribution is 0.412. The van der Waals surface area contributed by atoms with Gasteiger partial charge in [0.25, 0.3) is 20.2 Å². The van der Waals surface area contributed by atoms with Crippen LogP contribution in [0.1, 0.15) is 90.3 Å². The van der Waals surface area contributed by atoms with E-state index in [0.717, 1.165) is 37.7 Å². The summed E-state index contributed by atoms with van der Waals surface area (Å²) in [5.41, 5.74) is 0.722. The van der Waals surface area contributed by atoms with Gasteiger partial charge in [-0.15, -0.1) is 0 Å². The van der Waals surface area contributed by atoms with E-state index in [0.29, 0.717) is 0 Å². The highest BCUT2D eigenvalue weighted by molar-refractivity contribution is 7.86. The Bertz CT molecular complexity index is 1380. The molecule has 1 atom stereocenters. The molecule has 0 saturated heterocycles. The molecule has 8 nitrogen and oxygen atoms in total. The fourth-order valence-electron chi connectivity index (χ4n) is 4.04. The summed E-state index contributed by atoms with van der Waals surface area (Å²) in [4.78, 5) is -0.657. The van der Waals surface area contributed by atoms with Crippen LogP contribution in [0, 0.1) is 0 Å². The van der Waals surface area contributed by atoms with Crippen LogP contribution in [0.4, 0.5) is 5.69 Å². The van der Waals surface area contributed by atoms with E-state index < -0.39 is 20.2 Å². The van der Waals surface area contributed by atoms with Crippen LogP contribution in [0.5, 0.6) is 0 Å². The minimum atomic E-state index is -4.62. The first kappa shape index (κ1) is 30.8. The van der Waals surface area contributed by atoms with E-state index in [-0.39, 0.29) is 37.6 Å². The van der Waals surface area contributed by atoms with Crippen LogP contribution in [-0.2, 0) is 25.7 Å². The van der Waals surface area contributed by atoms with E-state index in [1.807, 2.05) is 33.8 Å². The average Bonchev–Trinajstić information content (AvgIpc) is 2.85. The molecule has 0 bridgehead atoms.